The highest BCUT2D eigenvalue weighted by Crippen LogP contribution is 2.17. The number of rotatable bonds is 5. The molecule has 1 fully saturated rings. The fourth-order valence-electron chi connectivity index (χ4n) is 2.67. The molecule has 1 saturated heterocycles. The van der Waals surface area contributed by atoms with Gasteiger partial charge in [-0.15, -0.1) is 0 Å². The van der Waals surface area contributed by atoms with Gasteiger partial charge in [0.2, 0.25) is 0 Å². The van der Waals surface area contributed by atoms with Gasteiger partial charge in [0.25, 0.3) is 5.91 Å². The van der Waals surface area contributed by atoms with E-state index in [1.807, 2.05) is 25.1 Å². The van der Waals surface area contributed by atoms with Gasteiger partial charge in [0.1, 0.15) is 11.7 Å². The molecule has 0 radical (unpaired) electrons. The molecule has 1 aliphatic heterocycles. The molecule has 1 aliphatic rings. The second-order valence-electron chi connectivity index (χ2n) is 6.19. The number of aromatic nitrogens is 1. The van der Waals surface area contributed by atoms with Crippen molar-refractivity contribution in [2.75, 3.05) is 40.3 Å². The maximum Gasteiger partial charge on any atom is 0.407 e. The number of hydrogen-bond acceptors (Lipinski definition) is 5. The molecule has 9 heteroatoms. The van der Waals surface area contributed by atoms with E-state index >= 15 is 0 Å². The van der Waals surface area contributed by atoms with Crippen LogP contribution in [0.5, 0.6) is 0 Å². The van der Waals surface area contributed by atoms with Gasteiger partial charge in [-0.3, -0.25) is 9.78 Å². The van der Waals surface area contributed by atoms with Crippen molar-refractivity contribution in [3.63, 3.8) is 0 Å². The highest BCUT2D eigenvalue weighted by molar-refractivity contribution is 5.98. The predicted octanol–water partition coefficient (Wildman–Crippen LogP) is 0.545. The standard InChI is InChI=1S/C17H22N4O5/c1-19(2)8-4-6-12-5-3-7-18-14(12)15(22)21-10-9-20(17(25)26)11-13(21)16(23)24/h3-7,13H,8-11H2,1-2H3,(H,23,24)(H,25,26)/b6-4+/t13-/m0/s1. The SMILES string of the molecule is CN(C)C/C=C/c1cccnc1C(=O)N1CCN(C(=O)O)C[C@H]1C(=O)O. The predicted molar refractivity (Wildman–Crippen MR) is 93.9 cm³/mol. The van der Waals surface area contributed by atoms with E-state index in [-0.39, 0.29) is 25.3 Å². The molecule has 140 valence electrons. The van der Waals surface area contributed by atoms with Crippen molar-refractivity contribution in [1.82, 2.24) is 19.7 Å². The number of carbonyl (C=O) groups is 3. The van der Waals surface area contributed by atoms with Crippen LogP contribution in [-0.2, 0) is 4.79 Å². The van der Waals surface area contributed by atoms with Gasteiger partial charge in [0.05, 0.1) is 6.54 Å². The molecule has 1 aromatic heterocycles. The van der Waals surface area contributed by atoms with E-state index in [4.69, 9.17) is 5.11 Å². The number of aliphatic carboxylic acids is 1. The Morgan fingerprint density at radius 3 is 2.65 bits per heavy atom. The van der Waals surface area contributed by atoms with Crippen molar-refractivity contribution in [3.8, 4) is 0 Å². The first kappa shape index (κ1) is 19.4. The van der Waals surface area contributed by atoms with E-state index in [0.717, 1.165) is 4.90 Å². The molecular formula is C17H22N4O5. The molecule has 2 amide bonds. The Labute approximate surface area is 151 Å². The molecule has 2 heterocycles. The van der Waals surface area contributed by atoms with Crippen LogP contribution in [0.25, 0.3) is 6.08 Å². The van der Waals surface area contributed by atoms with Crippen LogP contribution in [0.1, 0.15) is 16.1 Å². The zero-order valence-electron chi connectivity index (χ0n) is 14.7. The third-order valence-electron chi connectivity index (χ3n) is 4.01. The molecule has 1 aromatic rings. The molecule has 0 aromatic carbocycles. The quantitative estimate of drug-likeness (QED) is 0.786. The van der Waals surface area contributed by atoms with Crippen molar-refractivity contribution in [1.29, 1.82) is 0 Å². The molecule has 0 spiro atoms. The van der Waals surface area contributed by atoms with Crippen LogP contribution in [0.2, 0.25) is 0 Å². The molecule has 1 atom stereocenters. The minimum Gasteiger partial charge on any atom is -0.480 e. The average molecular weight is 362 g/mol. The third kappa shape index (κ3) is 4.57. The maximum absolute atomic E-state index is 12.9. The van der Waals surface area contributed by atoms with Crippen LogP contribution < -0.4 is 0 Å². The summed E-state index contributed by atoms with van der Waals surface area (Å²) in [6.07, 6.45) is 3.92. The van der Waals surface area contributed by atoms with E-state index in [1.54, 1.807) is 18.2 Å². The van der Waals surface area contributed by atoms with Gasteiger partial charge in [0.15, 0.2) is 0 Å². The Kier molecular flexibility index (Phi) is 6.29. The zero-order chi connectivity index (χ0) is 19.3. The van der Waals surface area contributed by atoms with Gasteiger partial charge in [0, 0.05) is 31.4 Å². The smallest absolute Gasteiger partial charge is 0.407 e. The number of nitrogens with zero attached hydrogens (tertiary/aromatic N) is 4. The van der Waals surface area contributed by atoms with Gasteiger partial charge in [-0.05, 0) is 20.2 Å². The molecule has 0 aliphatic carbocycles. The van der Waals surface area contributed by atoms with Crippen molar-refractivity contribution >= 4 is 24.0 Å². The number of pyridine rings is 1. The van der Waals surface area contributed by atoms with Crippen LogP contribution in [0.4, 0.5) is 4.79 Å². The van der Waals surface area contributed by atoms with Crippen LogP contribution >= 0.6 is 0 Å². The number of amides is 2. The third-order valence-corrected chi connectivity index (χ3v) is 4.01. The van der Waals surface area contributed by atoms with Crippen LogP contribution in [0, 0.1) is 0 Å². The first-order valence-electron chi connectivity index (χ1n) is 8.09. The lowest BCUT2D eigenvalue weighted by molar-refractivity contribution is -0.144. The lowest BCUT2D eigenvalue weighted by Crippen LogP contribution is -2.59. The summed E-state index contributed by atoms with van der Waals surface area (Å²) in [4.78, 5) is 43.8. The molecule has 2 rings (SSSR count). The summed E-state index contributed by atoms with van der Waals surface area (Å²) in [6, 6.07) is 2.19. The first-order valence-corrected chi connectivity index (χ1v) is 8.09. The summed E-state index contributed by atoms with van der Waals surface area (Å²) in [7, 11) is 3.83. The lowest BCUT2D eigenvalue weighted by Gasteiger charge is -2.38. The Hall–Kier alpha value is -2.94. The van der Waals surface area contributed by atoms with Crippen molar-refractivity contribution in [2.24, 2.45) is 0 Å². The highest BCUT2D eigenvalue weighted by atomic mass is 16.4. The molecule has 0 bridgehead atoms. The maximum atomic E-state index is 12.9. The number of carboxylic acids is 1. The van der Waals surface area contributed by atoms with E-state index in [9.17, 15) is 19.5 Å². The minimum atomic E-state index is -1.25. The second-order valence-corrected chi connectivity index (χ2v) is 6.19. The summed E-state index contributed by atoms with van der Waals surface area (Å²) in [5.41, 5.74) is 0.738. The summed E-state index contributed by atoms with van der Waals surface area (Å²) in [5.74, 6) is -1.77. The first-order chi connectivity index (χ1) is 12.3. The van der Waals surface area contributed by atoms with E-state index in [1.165, 1.54) is 11.1 Å². The van der Waals surface area contributed by atoms with Gasteiger partial charge in [-0.1, -0.05) is 18.2 Å². The normalized spacial score (nSPS) is 17.7. The number of likely N-dealkylation sites (N-methyl/N-ethyl adjacent to an activating group) is 1. The summed E-state index contributed by atoms with van der Waals surface area (Å²) in [6.45, 7) is 0.468. The monoisotopic (exact) mass is 362 g/mol. The Morgan fingerprint density at radius 1 is 1.31 bits per heavy atom. The van der Waals surface area contributed by atoms with Crippen LogP contribution in [0.15, 0.2) is 24.4 Å². The van der Waals surface area contributed by atoms with E-state index in [0.29, 0.717) is 12.1 Å². The van der Waals surface area contributed by atoms with Crippen molar-refractivity contribution in [2.45, 2.75) is 6.04 Å². The fourth-order valence-corrected chi connectivity index (χ4v) is 2.67. The topological polar surface area (TPSA) is 114 Å². The van der Waals surface area contributed by atoms with Gasteiger partial charge < -0.3 is 24.9 Å². The molecule has 9 nitrogen and oxygen atoms in total. The average Bonchev–Trinajstić information content (AvgIpc) is 2.60. The molecule has 0 saturated carbocycles. The van der Waals surface area contributed by atoms with Crippen molar-refractivity contribution in [3.05, 3.63) is 35.7 Å². The summed E-state index contributed by atoms with van der Waals surface area (Å²) < 4.78 is 0. The Bertz CT molecular complexity index is 719. The minimum absolute atomic E-state index is 0.000470. The molecule has 2 N–H and O–H groups in total. The molecular weight excluding hydrogens is 340 g/mol. The van der Waals surface area contributed by atoms with Gasteiger partial charge in [-0.2, -0.15) is 0 Å². The number of piperazine rings is 1. The number of carbonyl (C=O) groups excluding carboxylic acids is 1. The lowest BCUT2D eigenvalue weighted by atomic mass is 10.1. The van der Waals surface area contributed by atoms with Crippen molar-refractivity contribution < 1.29 is 24.6 Å². The van der Waals surface area contributed by atoms with E-state index < -0.39 is 24.0 Å². The number of carboxylic acid groups (broad SMARTS) is 2. The summed E-state index contributed by atoms with van der Waals surface area (Å²) >= 11 is 0. The second kappa shape index (κ2) is 8.43. The zero-order valence-corrected chi connectivity index (χ0v) is 14.7. The Morgan fingerprint density at radius 2 is 2.04 bits per heavy atom. The highest BCUT2D eigenvalue weighted by Gasteiger charge is 2.38. The molecule has 0 unspecified atom stereocenters. The Balaban J connectivity index is 2.26. The fraction of sp³-hybridized carbons (Fsp3) is 0.412. The van der Waals surface area contributed by atoms with Gasteiger partial charge >= 0.3 is 12.1 Å². The van der Waals surface area contributed by atoms with E-state index in [2.05, 4.69) is 4.98 Å². The molecule has 26 heavy (non-hydrogen) atoms. The number of hydrogen-bond donors (Lipinski definition) is 2. The van der Waals surface area contributed by atoms with Gasteiger partial charge in [-0.25, -0.2) is 9.59 Å². The summed E-state index contributed by atoms with van der Waals surface area (Å²) in [5, 5.41) is 18.5. The largest absolute Gasteiger partial charge is 0.480 e. The van der Waals surface area contributed by atoms with Crippen LogP contribution in [-0.4, -0.2) is 94.2 Å². The van der Waals surface area contributed by atoms with Crippen LogP contribution in [0.3, 0.4) is 0 Å².